The molecular weight excluding hydrogens is 452 g/mol. The summed E-state index contributed by atoms with van der Waals surface area (Å²) in [6.45, 7) is 0.161. The lowest BCUT2D eigenvalue weighted by Gasteiger charge is -2.21. The molecule has 0 fully saturated rings. The summed E-state index contributed by atoms with van der Waals surface area (Å²) in [4.78, 5) is 52.8. The van der Waals surface area contributed by atoms with E-state index < -0.39 is 54.2 Å². The Morgan fingerprint density at radius 3 is 2.56 bits per heavy atom. The minimum Gasteiger partial charge on any atom is -0.481 e. The maximum atomic E-state index is 13.4. The highest BCUT2D eigenvalue weighted by atomic mass is 19.1. The van der Waals surface area contributed by atoms with E-state index in [1.807, 2.05) is 0 Å². The average molecular weight is 473 g/mol. The Balaban J connectivity index is 1.92. The first kappa shape index (κ1) is 24.5. The van der Waals surface area contributed by atoms with Crippen molar-refractivity contribution in [1.82, 2.24) is 14.9 Å². The van der Waals surface area contributed by atoms with Crippen LogP contribution in [0.1, 0.15) is 25.8 Å². The number of carboxylic acids is 1. The summed E-state index contributed by atoms with van der Waals surface area (Å²) in [5, 5.41) is 11.3. The molecule has 178 valence electrons. The predicted molar refractivity (Wildman–Crippen MR) is 117 cm³/mol. The average Bonchev–Trinajstić information content (AvgIpc) is 2.80. The van der Waals surface area contributed by atoms with Crippen molar-refractivity contribution in [1.29, 1.82) is 0 Å². The van der Waals surface area contributed by atoms with Gasteiger partial charge in [0.25, 0.3) is 5.56 Å². The molecule has 3 rings (SSSR count). The number of rotatable bonds is 10. The molecule has 0 aliphatic heterocycles. The number of ketones is 1. The number of hydrogen-bond acceptors (Lipinski definition) is 6. The second-order valence-corrected chi connectivity index (χ2v) is 7.38. The van der Waals surface area contributed by atoms with Gasteiger partial charge in [-0.15, -0.1) is 0 Å². The van der Waals surface area contributed by atoms with Crippen LogP contribution in [0.25, 0.3) is 10.9 Å². The molecule has 9 nitrogen and oxygen atoms in total. The summed E-state index contributed by atoms with van der Waals surface area (Å²) < 4.78 is 32.9. The van der Waals surface area contributed by atoms with Gasteiger partial charge in [0.2, 0.25) is 5.91 Å². The maximum absolute atomic E-state index is 13.4. The topological polar surface area (TPSA) is 128 Å². The van der Waals surface area contributed by atoms with Gasteiger partial charge in [0.15, 0.2) is 5.78 Å². The maximum Gasteiger partial charge on any atom is 0.305 e. The van der Waals surface area contributed by atoms with Crippen LogP contribution in [0.4, 0.5) is 8.78 Å². The Kier molecular flexibility index (Phi) is 7.67. The highest BCUT2D eigenvalue weighted by Crippen LogP contribution is 2.24. The van der Waals surface area contributed by atoms with Crippen molar-refractivity contribution in [2.45, 2.75) is 31.8 Å². The number of amides is 1. The van der Waals surface area contributed by atoms with Crippen molar-refractivity contribution in [2.24, 2.45) is 0 Å². The summed E-state index contributed by atoms with van der Waals surface area (Å²) in [7, 11) is 0. The van der Waals surface area contributed by atoms with Crippen molar-refractivity contribution in [3.05, 3.63) is 65.0 Å². The zero-order chi connectivity index (χ0) is 24.8. The Morgan fingerprint density at radius 2 is 1.91 bits per heavy atom. The number of hydrogen-bond donors (Lipinski definition) is 2. The largest absolute Gasteiger partial charge is 0.481 e. The number of nitrogens with one attached hydrogen (secondary N) is 1. The lowest BCUT2D eigenvalue weighted by Crippen LogP contribution is -2.47. The Bertz CT molecular complexity index is 1290. The second kappa shape index (κ2) is 10.6. The smallest absolute Gasteiger partial charge is 0.305 e. The number of benzene rings is 2. The minimum atomic E-state index is -1.57. The van der Waals surface area contributed by atoms with Crippen LogP contribution in [0, 0.1) is 5.82 Å². The number of carbonyl (C=O) groups excluding carboxylic acids is 2. The number of ether oxygens (including phenoxy) is 1. The molecular formula is C23H21F2N3O6. The fraction of sp³-hybridized carbons (Fsp3) is 0.261. The molecule has 0 aliphatic rings. The number of nitrogens with zero attached hydrogens (tertiary/aromatic N) is 2. The van der Waals surface area contributed by atoms with Gasteiger partial charge in [0.05, 0.1) is 23.7 Å². The van der Waals surface area contributed by atoms with Gasteiger partial charge in [-0.05, 0) is 36.8 Å². The molecule has 11 heteroatoms. The van der Waals surface area contributed by atoms with Crippen LogP contribution in [-0.4, -0.2) is 45.0 Å². The molecule has 2 atom stereocenters. The van der Waals surface area contributed by atoms with E-state index in [9.17, 15) is 28.0 Å². The van der Waals surface area contributed by atoms with Crippen molar-refractivity contribution in [3.8, 4) is 11.5 Å². The van der Waals surface area contributed by atoms with Crippen LogP contribution in [0.3, 0.4) is 0 Å². The first-order chi connectivity index (χ1) is 16.2. The number of carbonyl (C=O) groups is 3. The fourth-order valence-corrected chi connectivity index (χ4v) is 3.36. The van der Waals surface area contributed by atoms with Gasteiger partial charge in [-0.2, -0.15) is 0 Å². The summed E-state index contributed by atoms with van der Waals surface area (Å²) in [5.41, 5.74) is -0.275. The number of Topliss-reactive ketones (excluding diaryl/α,β-unsaturated/α-hetero) is 1. The Morgan fingerprint density at radius 1 is 1.18 bits per heavy atom. The van der Waals surface area contributed by atoms with Crippen molar-refractivity contribution in [2.75, 3.05) is 6.67 Å². The molecule has 1 amide bonds. The number of carboxylic acid groups (broad SMARTS) is 1. The molecule has 0 saturated carbocycles. The normalized spacial score (nSPS) is 12.7. The standard InChI is InChI=1S/C23H21F2N3O6/c1-2-19(22(32)27-18(10-21(30)31)20(29)11-24)28-12-26-17-7-6-15(9-16(17)23(28)33)34-14-5-3-4-13(25)8-14/h3-9,12,18-19H,2,10-11H2,1H3,(H,27,32)(H,30,31)/t18?,19-/m0/s1. The summed E-state index contributed by atoms with van der Waals surface area (Å²) >= 11 is 0. The van der Waals surface area contributed by atoms with Crippen molar-refractivity contribution in [3.63, 3.8) is 0 Å². The zero-order valence-corrected chi connectivity index (χ0v) is 18.0. The van der Waals surface area contributed by atoms with E-state index in [4.69, 9.17) is 9.84 Å². The predicted octanol–water partition coefficient (Wildman–Crippen LogP) is 2.78. The van der Waals surface area contributed by atoms with Gasteiger partial charge in [0, 0.05) is 6.07 Å². The van der Waals surface area contributed by atoms with Gasteiger partial charge < -0.3 is 15.2 Å². The van der Waals surface area contributed by atoms with E-state index in [1.54, 1.807) is 19.1 Å². The molecule has 2 aromatic carbocycles. The SMILES string of the molecule is CC[C@@H](C(=O)NC(CC(=O)O)C(=O)CF)n1cnc2ccc(Oc3cccc(F)c3)cc2c1=O. The lowest BCUT2D eigenvalue weighted by atomic mass is 10.1. The second-order valence-electron chi connectivity index (χ2n) is 7.38. The summed E-state index contributed by atoms with van der Waals surface area (Å²) in [5.74, 6) is -3.35. The van der Waals surface area contributed by atoms with Crippen LogP contribution in [-0.2, 0) is 14.4 Å². The molecule has 3 aromatic rings. The highest BCUT2D eigenvalue weighted by molar-refractivity contribution is 5.93. The third-order valence-electron chi connectivity index (χ3n) is 5.03. The number of fused-ring (bicyclic) bond motifs is 1. The molecule has 1 heterocycles. The van der Waals surface area contributed by atoms with Gasteiger partial charge >= 0.3 is 5.97 Å². The highest BCUT2D eigenvalue weighted by Gasteiger charge is 2.28. The molecule has 0 radical (unpaired) electrons. The van der Waals surface area contributed by atoms with Crippen LogP contribution >= 0.6 is 0 Å². The third-order valence-corrected chi connectivity index (χ3v) is 5.03. The van der Waals surface area contributed by atoms with Crippen LogP contribution in [0.5, 0.6) is 11.5 Å². The van der Waals surface area contributed by atoms with E-state index in [0.29, 0.717) is 5.52 Å². The van der Waals surface area contributed by atoms with E-state index in [0.717, 1.165) is 10.9 Å². The molecule has 0 aliphatic carbocycles. The van der Waals surface area contributed by atoms with Crippen LogP contribution in [0.2, 0.25) is 0 Å². The van der Waals surface area contributed by atoms with Gasteiger partial charge in [-0.3, -0.25) is 23.7 Å². The van der Waals surface area contributed by atoms with Crippen molar-refractivity contribution >= 4 is 28.6 Å². The lowest BCUT2D eigenvalue weighted by molar-refractivity contribution is -0.140. The van der Waals surface area contributed by atoms with Crippen LogP contribution in [0.15, 0.2) is 53.6 Å². The summed E-state index contributed by atoms with van der Waals surface area (Å²) in [6, 6.07) is 7.21. The van der Waals surface area contributed by atoms with E-state index in [2.05, 4.69) is 10.3 Å². The molecule has 1 unspecified atom stereocenters. The third kappa shape index (κ3) is 5.61. The van der Waals surface area contributed by atoms with Gasteiger partial charge in [-0.25, -0.2) is 13.8 Å². The first-order valence-electron chi connectivity index (χ1n) is 10.3. The fourth-order valence-electron chi connectivity index (χ4n) is 3.36. The molecule has 0 saturated heterocycles. The first-order valence-corrected chi connectivity index (χ1v) is 10.3. The monoisotopic (exact) mass is 473 g/mol. The quantitative estimate of drug-likeness (QED) is 0.463. The molecule has 1 aromatic heterocycles. The van der Waals surface area contributed by atoms with Crippen molar-refractivity contribution < 1.29 is 33.0 Å². The number of aromatic nitrogens is 2. The molecule has 2 N–H and O–H groups in total. The minimum absolute atomic E-state index is 0.0992. The van der Waals surface area contributed by atoms with E-state index in [-0.39, 0.29) is 23.3 Å². The van der Waals surface area contributed by atoms with Gasteiger partial charge in [0.1, 0.15) is 36.1 Å². The zero-order valence-electron chi connectivity index (χ0n) is 18.0. The molecule has 0 spiro atoms. The van der Waals surface area contributed by atoms with E-state index in [1.165, 1.54) is 30.3 Å². The number of halogens is 2. The number of aliphatic carboxylic acids is 1. The Labute approximate surface area is 192 Å². The van der Waals surface area contributed by atoms with Crippen LogP contribution < -0.4 is 15.6 Å². The van der Waals surface area contributed by atoms with Gasteiger partial charge in [-0.1, -0.05) is 13.0 Å². The Hall–Kier alpha value is -4.15. The molecule has 0 bridgehead atoms. The summed E-state index contributed by atoms with van der Waals surface area (Å²) in [6.07, 6.45) is 0.466. The molecule has 34 heavy (non-hydrogen) atoms. The van der Waals surface area contributed by atoms with E-state index >= 15 is 0 Å². The number of alkyl halides is 1.